The highest BCUT2D eigenvalue weighted by molar-refractivity contribution is 6.13. The highest BCUT2D eigenvalue weighted by Gasteiger charge is 2.10. The van der Waals surface area contributed by atoms with Gasteiger partial charge in [-0.3, -0.25) is 0 Å². The van der Waals surface area contributed by atoms with Gasteiger partial charge < -0.3 is 4.29 Å². The van der Waals surface area contributed by atoms with Gasteiger partial charge in [0, 0.05) is 0 Å². The number of halogens is 2. The zero-order chi connectivity index (χ0) is 5.86. The van der Waals surface area contributed by atoms with E-state index in [2.05, 4.69) is 16.2 Å². The fraction of sp³-hybridized carbons (Fsp3) is 0.667. The van der Waals surface area contributed by atoms with Crippen molar-refractivity contribution >= 4 is 17.8 Å². The summed E-state index contributed by atoms with van der Waals surface area (Å²) < 4.78 is 15.0. The van der Waals surface area contributed by atoms with Gasteiger partial charge in [0.2, 0.25) is 0 Å². The zero-order valence-electron chi connectivity index (χ0n) is 3.65. The molecule has 0 spiro atoms. The Morgan fingerprint density at radius 2 is 2.43 bits per heavy atom. The topological polar surface area (TPSA) is 26.3 Å². The highest BCUT2D eigenvalue weighted by Crippen LogP contribution is 1.93. The van der Waals surface area contributed by atoms with Crippen LogP contribution >= 0.6 is 11.9 Å². The first-order valence-corrected chi connectivity index (χ1v) is 1.96. The summed E-state index contributed by atoms with van der Waals surface area (Å²) in [7, 11) is 0. The maximum absolute atomic E-state index is 11.5. The van der Waals surface area contributed by atoms with Gasteiger partial charge in [-0.1, -0.05) is 0 Å². The molecular weight excluding hydrogens is 122 g/mol. The van der Waals surface area contributed by atoms with Gasteiger partial charge in [0.1, 0.15) is 11.9 Å². The van der Waals surface area contributed by atoms with Gasteiger partial charge in [-0.05, 0) is 6.92 Å². The Bertz CT molecular complexity index is 73.3. The number of carbonyl (C=O) groups excluding carboxylic acids is 1. The van der Waals surface area contributed by atoms with Crippen LogP contribution in [0.2, 0.25) is 0 Å². The second kappa shape index (κ2) is 2.80. The first-order chi connectivity index (χ1) is 3.18. The Kier molecular flexibility index (Phi) is 2.67. The van der Waals surface area contributed by atoms with Gasteiger partial charge >= 0.3 is 5.97 Å². The third kappa shape index (κ3) is 2.39. The molecule has 0 aromatic rings. The molecule has 1 atom stereocenters. The molecule has 1 unspecified atom stereocenters. The maximum atomic E-state index is 11.5. The SMILES string of the molecule is CC(F)C(=O)OCl. The molecule has 0 bridgehead atoms. The van der Waals surface area contributed by atoms with Gasteiger partial charge in [-0.2, -0.15) is 0 Å². The van der Waals surface area contributed by atoms with E-state index in [1.807, 2.05) is 0 Å². The van der Waals surface area contributed by atoms with Crippen LogP contribution in [0.4, 0.5) is 4.39 Å². The average Bonchev–Trinajstić information content (AvgIpc) is 1.65. The summed E-state index contributed by atoms with van der Waals surface area (Å²) in [6.45, 7) is 1.05. The molecular formula is C3H4ClFO2. The van der Waals surface area contributed by atoms with Gasteiger partial charge in [0.25, 0.3) is 0 Å². The molecule has 0 N–H and O–H groups in total. The van der Waals surface area contributed by atoms with Crippen molar-refractivity contribution < 1.29 is 13.5 Å². The number of hydrogen-bond acceptors (Lipinski definition) is 2. The summed E-state index contributed by atoms with van der Waals surface area (Å²) in [5, 5.41) is 0. The van der Waals surface area contributed by atoms with E-state index >= 15 is 0 Å². The molecule has 42 valence electrons. The van der Waals surface area contributed by atoms with E-state index in [9.17, 15) is 9.18 Å². The summed E-state index contributed by atoms with van der Waals surface area (Å²) in [6.07, 6.45) is -1.63. The normalized spacial score (nSPS) is 13.0. The molecule has 0 heterocycles. The second-order valence-corrected chi connectivity index (χ2v) is 1.17. The van der Waals surface area contributed by atoms with Crippen molar-refractivity contribution in [2.24, 2.45) is 0 Å². The van der Waals surface area contributed by atoms with E-state index in [4.69, 9.17) is 0 Å². The van der Waals surface area contributed by atoms with Crippen LogP contribution in [0.25, 0.3) is 0 Å². The first-order valence-electron chi connectivity index (χ1n) is 1.65. The fourth-order valence-corrected chi connectivity index (χ4v) is 0.184. The summed E-state index contributed by atoms with van der Waals surface area (Å²) in [6, 6.07) is 0. The molecule has 0 aliphatic carbocycles. The molecule has 0 saturated carbocycles. The van der Waals surface area contributed by atoms with Gasteiger partial charge in [-0.25, -0.2) is 9.18 Å². The lowest BCUT2D eigenvalue weighted by Gasteiger charge is -1.90. The molecule has 0 aliphatic heterocycles. The van der Waals surface area contributed by atoms with Crippen LogP contribution in [-0.4, -0.2) is 12.1 Å². The second-order valence-electron chi connectivity index (χ2n) is 1.01. The summed E-state index contributed by atoms with van der Waals surface area (Å²) >= 11 is 4.46. The highest BCUT2D eigenvalue weighted by atomic mass is 35.5. The maximum Gasteiger partial charge on any atom is 0.358 e. The lowest BCUT2D eigenvalue weighted by Crippen LogP contribution is -2.09. The van der Waals surface area contributed by atoms with Crippen molar-refractivity contribution in [1.29, 1.82) is 0 Å². The summed E-state index contributed by atoms with van der Waals surface area (Å²) in [5.74, 6) is -1.05. The summed E-state index contributed by atoms with van der Waals surface area (Å²) in [4.78, 5) is 9.78. The average molecular weight is 127 g/mol. The molecule has 4 heteroatoms. The third-order valence-corrected chi connectivity index (χ3v) is 0.553. The molecule has 0 rings (SSSR count). The van der Waals surface area contributed by atoms with Crippen LogP contribution < -0.4 is 0 Å². The summed E-state index contributed by atoms with van der Waals surface area (Å²) in [5.41, 5.74) is 0. The van der Waals surface area contributed by atoms with Gasteiger partial charge in [0.05, 0.1) is 0 Å². The minimum Gasteiger partial charge on any atom is -0.345 e. The number of rotatable bonds is 1. The molecule has 7 heavy (non-hydrogen) atoms. The van der Waals surface area contributed by atoms with Crippen LogP contribution in [0, 0.1) is 0 Å². The molecule has 0 aliphatic rings. The Hall–Kier alpha value is -0.310. The van der Waals surface area contributed by atoms with E-state index in [0.717, 1.165) is 6.92 Å². The largest absolute Gasteiger partial charge is 0.358 e. The van der Waals surface area contributed by atoms with Crippen LogP contribution in [0.5, 0.6) is 0 Å². The third-order valence-electron chi connectivity index (χ3n) is 0.401. The van der Waals surface area contributed by atoms with Crippen LogP contribution in [-0.2, 0) is 9.08 Å². The predicted octanol–water partition coefficient (Wildman–Crippen LogP) is 1.04. The molecule has 0 aromatic heterocycles. The van der Waals surface area contributed by atoms with Crippen LogP contribution in [0.1, 0.15) is 6.92 Å². The molecule has 0 amide bonds. The molecule has 0 fully saturated rings. The van der Waals surface area contributed by atoms with Crippen molar-refractivity contribution in [2.45, 2.75) is 13.1 Å². The Morgan fingerprint density at radius 3 is 2.43 bits per heavy atom. The van der Waals surface area contributed by atoms with E-state index in [1.165, 1.54) is 0 Å². The monoisotopic (exact) mass is 126 g/mol. The van der Waals surface area contributed by atoms with Crippen molar-refractivity contribution in [1.82, 2.24) is 0 Å². The minimum atomic E-state index is -1.63. The van der Waals surface area contributed by atoms with E-state index in [0.29, 0.717) is 0 Å². The van der Waals surface area contributed by atoms with Gasteiger partial charge in [0.15, 0.2) is 6.17 Å². The Labute approximate surface area is 45.4 Å². The first kappa shape index (κ1) is 6.69. The van der Waals surface area contributed by atoms with E-state index in [-0.39, 0.29) is 0 Å². The predicted molar refractivity (Wildman–Crippen MR) is 22.5 cm³/mol. The lowest BCUT2D eigenvalue weighted by molar-refractivity contribution is -0.138. The standard InChI is InChI=1S/C3H4ClFO2/c1-2(5)3(6)7-4/h2H,1H3. The number of alkyl halides is 1. The van der Waals surface area contributed by atoms with Crippen molar-refractivity contribution in [2.75, 3.05) is 0 Å². The van der Waals surface area contributed by atoms with Crippen molar-refractivity contribution in [3.05, 3.63) is 0 Å². The van der Waals surface area contributed by atoms with E-state index < -0.39 is 12.1 Å². The Morgan fingerprint density at radius 1 is 2.00 bits per heavy atom. The van der Waals surface area contributed by atoms with E-state index in [1.54, 1.807) is 0 Å². The van der Waals surface area contributed by atoms with Gasteiger partial charge in [-0.15, -0.1) is 0 Å². The zero-order valence-corrected chi connectivity index (χ0v) is 4.41. The number of carbonyl (C=O) groups is 1. The Balaban J connectivity index is 3.35. The quantitative estimate of drug-likeness (QED) is 0.525. The fourth-order valence-electron chi connectivity index (χ4n) is 0.0614. The number of hydrogen-bond donors (Lipinski definition) is 0. The lowest BCUT2D eigenvalue weighted by atomic mass is 10.5. The van der Waals surface area contributed by atoms with Crippen LogP contribution in [0.15, 0.2) is 0 Å². The van der Waals surface area contributed by atoms with Crippen molar-refractivity contribution in [3.63, 3.8) is 0 Å². The minimum absolute atomic E-state index is 1.05. The van der Waals surface area contributed by atoms with Crippen LogP contribution in [0.3, 0.4) is 0 Å². The molecule has 0 radical (unpaired) electrons. The van der Waals surface area contributed by atoms with Crippen molar-refractivity contribution in [3.8, 4) is 0 Å². The smallest absolute Gasteiger partial charge is 0.345 e. The molecule has 0 aromatic carbocycles. The molecule has 0 saturated heterocycles. The molecule has 2 nitrogen and oxygen atoms in total.